The van der Waals surface area contributed by atoms with Gasteiger partial charge in [0.15, 0.2) is 0 Å². The molecule has 2 aliphatic rings. The second-order valence-corrected chi connectivity index (χ2v) is 8.44. The first-order chi connectivity index (χ1) is 15.7. The summed E-state index contributed by atoms with van der Waals surface area (Å²) in [5.41, 5.74) is 3.15. The van der Waals surface area contributed by atoms with Crippen LogP contribution in [0.2, 0.25) is 0 Å². The van der Waals surface area contributed by atoms with Crippen LogP contribution in [0.15, 0.2) is 60.7 Å². The van der Waals surface area contributed by atoms with Gasteiger partial charge >= 0.3 is 0 Å². The first-order valence-electron chi connectivity index (χ1n) is 11.2. The fraction of sp³-hybridized carbons (Fsp3) is 0.308. The molecule has 0 aromatic heterocycles. The van der Waals surface area contributed by atoms with Crippen LogP contribution in [0, 0.1) is 0 Å². The van der Waals surface area contributed by atoms with Gasteiger partial charge in [0, 0.05) is 44.7 Å². The smallest absolute Gasteiger partial charge is 0.251 e. The quantitative estimate of drug-likeness (QED) is 0.678. The predicted octanol–water partition coefficient (Wildman–Crippen LogP) is 2.85. The molecule has 0 bridgehead atoms. The summed E-state index contributed by atoms with van der Waals surface area (Å²) in [7, 11) is 0. The number of nitrogens with zero attached hydrogens (tertiary/aromatic N) is 2. The monoisotopic (exact) mass is 429 g/mol. The molecule has 0 unspecified atom stereocenters. The molecule has 0 saturated carbocycles. The number of amides is 2. The van der Waals surface area contributed by atoms with E-state index in [-0.39, 0.29) is 18.4 Å². The second-order valence-electron chi connectivity index (χ2n) is 8.44. The van der Waals surface area contributed by atoms with Gasteiger partial charge in [0.05, 0.1) is 13.2 Å². The number of nitrogens with one attached hydrogen (secondary N) is 1. The predicted molar refractivity (Wildman–Crippen MR) is 124 cm³/mol. The van der Waals surface area contributed by atoms with Crippen LogP contribution in [0.1, 0.15) is 21.5 Å². The zero-order valence-corrected chi connectivity index (χ0v) is 18.0. The van der Waals surface area contributed by atoms with Crippen LogP contribution in [-0.4, -0.2) is 60.9 Å². The van der Waals surface area contributed by atoms with Crippen molar-refractivity contribution < 1.29 is 14.3 Å². The lowest BCUT2D eigenvalue weighted by Crippen LogP contribution is -2.50. The third-order valence-electron chi connectivity index (χ3n) is 6.30. The lowest BCUT2D eigenvalue weighted by Gasteiger charge is -2.34. The van der Waals surface area contributed by atoms with E-state index in [1.165, 1.54) is 11.1 Å². The van der Waals surface area contributed by atoms with Crippen LogP contribution in [0.25, 0.3) is 10.8 Å². The molecule has 3 aromatic rings. The SMILES string of the molecule is O=C(NCC(=O)N1CCN(Cc2ccc3c(c2)CCO3)CC1)c1ccc2ccccc2c1. The minimum Gasteiger partial charge on any atom is -0.493 e. The van der Waals surface area contributed by atoms with Crippen molar-refractivity contribution in [3.05, 3.63) is 77.4 Å². The molecule has 1 saturated heterocycles. The molecule has 1 N–H and O–H groups in total. The Balaban J connectivity index is 1.10. The summed E-state index contributed by atoms with van der Waals surface area (Å²) in [6.45, 7) is 4.70. The Morgan fingerprint density at radius 2 is 1.72 bits per heavy atom. The van der Waals surface area contributed by atoms with Crippen LogP contribution in [0.4, 0.5) is 0 Å². The third-order valence-corrected chi connectivity index (χ3v) is 6.30. The molecule has 0 aliphatic carbocycles. The minimum absolute atomic E-state index is 0.0243. The Labute approximate surface area is 187 Å². The van der Waals surface area contributed by atoms with Gasteiger partial charge in [0.25, 0.3) is 5.91 Å². The number of fused-ring (bicyclic) bond motifs is 2. The van der Waals surface area contributed by atoms with Crippen LogP contribution in [-0.2, 0) is 17.8 Å². The molecule has 32 heavy (non-hydrogen) atoms. The number of carbonyl (C=O) groups excluding carboxylic acids is 2. The lowest BCUT2D eigenvalue weighted by atomic mass is 10.1. The van der Waals surface area contributed by atoms with E-state index in [1.54, 1.807) is 6.07 Å². The van der Waals surface area contributed by atoms with E-state index in [0.717, 1.165) is 49.2 Å². The van der Waals surface area contributed by atoms with E-state index in [0.29, 0.717) is 18.7 Å². The second kappa shape index (κ2) is 9.01. The van der Waals surface area contributed by atoms with Gasteiger partial charge in [-0.1, -0.05) is 42.5 Å². The van der Waals surface area contributed by atoms with Gasteiger partial charge in [-0.2, -0.15) is 0 Å². The number of ether oxygens (including phenoxy) is 1. The third kappa shape index (κ3) is 4.46. The Morgan fingerprint density at radius 3 is 2.56 bits per heavy atom. The molecule has 0 atom stereocenters. The van der Waals surface area contributed by atoms with Gasteiger partial charge in [0.2, 0.25) is 5.91 Å². The summed E-state index contributed by atoms with van der Waals surface area (Å²) in [6, 6.07) is 19.9. The van der Waals surface area contributed by atoms with Gasteiger partial charge in [-0.05, 0) is 40.1 Å². The normalized spacial score (nSPS) is 15.9. The van der Waals surface area contributed by atoms with E-state index < -0.39 is 0 Å². The average Bonchev–Trinajstić information content (AvgIpc) is 3.30. The van der Waals surface area contributed by atoms with Crippen molar-refractivity contribution in [3.8, 4) is 5.75 Å². The van der Waals surface area contributed by atoms with Crippen molar-refractivity contribution in [1.82, 2.24) is 15.1 Å². The highest BCUT2D eigenvalue weighted by molar-refractivity contribution is 6.00. The molecular weight excluding hydrogens is 402 g/mol. The maximum absolute atomic E-state index is 12.6. The number of rotatable bonds is 5. The molecule has 6 nitrogen and oxygen atoms in total. The Morgan fingerprint density at radius 1 is 0.906 bits per heavy atom. The highest BCUT2D eigenvalue weighted by Gasteiger charge is 2.22. The minimum atomic E-state index is -0.219. The fourth-order valence-electron chi connectivity index (χ4n) is 4.45. The van der Waals surface area contributed by atoms with Crippen LogP contribution < -0.4 is 10.1 Å². The lowest BCUT2D eigenvalue weighted by molar-refractivity contribution is -0.131. The highest BCUT2D eigenvalue weighted by Crippen LogP contribution is 2.26. The molecule has 164 valence electrons. The molecule has 1 fully saturated rings. The van der Waals surface area contributed by atoms with Crippen LogP contribution in [0.3, 0.4) is 0 Å². The molecule has 3 aromatic carbocycles. The number of hydrogen-bond donors (Lipinski definition) is 1. The number of piperazine rings is 1. The first kappa shape index (κ1) is 20.5. The molecule has 0 spiro atoms. The molecule has 0 radical (unpaired) electrons. The van der Waals surface area contributed by atoms with Gasteiger partial charge in [0.1, 0.15) is 5.75 Å². The summed E-state index contributed by atoms with van der Waals surface area (Å²) in [4.78, 5) is 29.3. The summed E-state index contributed by atoms with van der Waals surface area (Å²) in [6.07, 6.45) is 0.983. The van der Waals surface area contributed by atoms with Crippen LogP contribution >= 0.6 is 0 Å². The van der Waals surface area contributed by atoms with Gasteiger partial charge in [-0.3, -0.25) is 14.5 Å². The molecule has 2 heterocycles. The largest absolute Gasteiger partial charge is 0.493 e. The number of carbonyl (C=O) groups is 2. The molecule has 6 heteroatoms. The van der Waals surface area contributed by atoms with E-state index >= 15 is 0 Å². The zero-order valence-electron chi connectivity index (χ0n) is 18.0. The Kier molecular flexibility index (Phi) is 5.77. The van der Waals surface area contributed by atoms with Gasteiger partial charge < -0.3 is 15.0 Å². The van der Waals surface area contributed by atoms with Gasteiger partial charge in [-0.25, -0.2) is 0 Å². The zero-order chi connectivity index (χ0) is 21.9. The Hall–Kier alpha value is -3.38. The molecule has 2 aliphatic heterocycles. The van der Waals surface area contributed by atoms with Crippen molar-refractivity contribution in [3.63, 3.8) is 0 Å². The van der Waals surface area contributed by atoms with E-state index in [2.05, 4.69) is 28.4 Å². The molecule has 2 amide bonds. The summed E-state index contributed by atoms with van der Waals surface area (Å²) < 4.78 is 5.58. The summed E-state index contributed by atoms with van der Waals surface area (Å²) >= 11 is 0. The van der Waals surface area contributed by atoms with Gasteiger partial charge in [-0.15, -0.1) is 0 Å². The maximum atomic E-state index is 12.6. The van der Waals surface area contributed by atoms with Crippen molar-refractivity contribution in [2.75, 3.05) is 39.3 Å². The molecule has 5 rings (SSSR count). The maximum Gasteiger partial charge on any atom is 0.251 e. The summed E-state index contributed by atoms with van der Waals surface area (Å²) in [5.74, 6) is 0.756. The highest BCUT2D eigenvalue weighted by atomic mass is 16.5. The number of hydrogen-bond acceptors (Lipinski definition) is 4. The van der Waals surface area contributed by atoms with E-state index in [4.69, 9.17) is 4.74 Å². The van der Waals surface area contributed by atoms with Crippen LogP contribution in [0.5, 0.6) is 5.75 Å². The van der Waals surface area contributed by atoms with Crippen molar-refractivity contribution in [2.24, 2.45) is 0 Å². The van der Waals surface area contributed by atoms with Crippen molar-refractivity contribution in [1.29, 1.82) is 0 Å². The average molecular weight is 430 g/mol. The topological polar surface area (TPSA) is 61.9 Å². The number of benzene rings is 3. The van der Waals surface area contributed by atoms with Crippen molar-refractivity contribution in [2.45, 2.75) is 13.0 Å². The first-order valence-corrected chi connectivity index (χ1v) is 11.2. The Bertz CT molecular complexity index is 1150. The molecular formula is C26H27N3O3. The van der Waals surface area contributed by atoms with Crippen molar-refractivity contribution >= 4 is 22.6 Å². The van der Waals surface area contributed by atoms with E-state index in [1.807, 2.05) is 41.3 Å². The standard InChI is InChI=1S/C26H27N3O3/c30-25(17-27-26(31)23-7-6-20-3-1-2-4-21(20)16-23)29-12-10-28(11-13-29)18-19-5-8-24-22(15-19)9-14-32-24/h1-8,15-16H,9-14,17-18H2,(H,27,31). The fourth-order valence-corrected chi connectivity index (χ4v) is 4.45. The van der Waals surface area contributed by atoms with E-state index in [9.17, 15) is 9.59 Å². The summed E-state index contributed by atoms with van der Waals surface area (Å²) in [5, 5.41) is 4.88.